The summed E-state index contributed by atoms with van der Waals surface area (Å²) in [6.07, 6.45) is -4.58. The number of alkyl halides is 4. The Morgan fingerprint density at radius 2 is 1.81 bits per heavy atom. The van der Waals surface area contributed by atoms with Crippen molar-refractivity contribution in [2.75, 3.05) is 12.4 Å². The first-order valence-corrected chi connectivity index (χ1v) is 5.81. The molecule has 0 heterocycles. The molecule has 16 heavy (non-hydrogen) atoms. The molecule has 0 aliphatic carbocycles. The van der Waals surface area contributed by atoms with Crippen molar-refractivity contribution in [3.8, 4) is 0 Å². The Kier molecular flexibility index (Phi) is 6.79. The lowest BCUT2D eigenvalue weighted by atomic mass is 10.1. The van der Waals surface area contributed by atoms with Gasteiger partial charge in [0.05, 0.1) is 0 Å². The Balaban J connectivity index is 4.57. The molecular formula is C10H17ClF3NO. The van der Waals surface area contributed by atoms with Crippen molar-refractivity contribution >= 4 is 17.5 Å². The first-order chi connectivity index (χ1) is 7.35. The number of hydrogen-bond acceptors (Lipinski definition) is 1. The van der Waals surface area contributed by atoms with Crippen molar-refractivity contribution in [2.45, 2.75) is 45.3 Å². The predicted molar refractivity (Wildman–Crippen MR) is 57.5 cm³/mol. The monoisotopic (exact) mass is 259 g/mol. The first-order valence-electron chi connectivity index (χ1n) is 5.27. The maximum Gasteiger partial charge on any atom is 0.397 e. The maximum absolute atomic E-state index is 12.1. The molecule has 0 aromatic carbocycles. The Hall–Kier alpha value is -0.450. The van der Waals surface area contributed by atoms with Gasteiger partial charge in [0.15, 0.2) is 0 Å². The van der Waals surface area contributed by atoms with Gasteiger partial charge in [-0.05, 0) is 12.8 Å². The molecule has 0 bridgehead atoms. The molecule has 0 unspecified atom stereocenters. The third-order valence-electron chi connectivity index (χ3n) is 2.38. The molecule has 0 aromatic heterocycles. The van der Waals surface area contributed by atoms with Gasteiger partial charge >= 0.3 is 6.18 Å². The average molecular weight is 260 g/mol. The predicted octanol–water partition coefficient (Wildman–Crippen LogP) is 3.19. The summed E-state index contributed by atoms with van der Waals surface area (Å²) in [5, 5.41) is 0. The Labute approximate surface area is 98.7 Å². The van der Waals surface area contributed by atoms with Gasteiger partial charge in [-0.25, -0.2) is 0 Å². The van der Waals surface area contributed by atoms with E-state index >= 15 is 0 Å². The molecule has 0 aliphatic heterocycles. The van der Waals surface area contributed by atoms with Crippen LogP contribution in [0.4, 0.5) is 13.2 Å². The van der Waals surface area contributed by atoms with Gasteiger partial charge in [-0.15, -0.1) is 11.6 Å². The molecule has 0 aliphatic rings. The highest BCUT2D eigenvalue weighted by atomic mass is 35.5. The lowest BCUT2D eigenvalue weighted by molar-refractivity contribution is -0.163. The standard InChI is InChI=1S/C10H17ClF3NO/c1-3-8(4-2)15(6-5-11)9(16)7-10(12,13)14/h8H,3-7H2,1-2H3. The average Bonchev–Trinajstić information content (AvgIpc) is 2.15. The Bertz CT molecular complexity index is 217. The number of amides is 1. The molecule has 0 radical (unpaired) electrons. The van der Waals surface area contributed by atoms with Crippen molar-refractivity contribution in [3.05, 3.63) is 0 Å². The molecule has 0 aromatic rings. The number of rotatable bonds is 6. The highest BCUT2D eigenvalue weighted by Crippen LogP contribution is 2.22. The van der Waals surface area contributed by atoms with E-state index in [0.29, 0.717) is 12.8 Å². The summed E-state index contributed by atoms with van der Waals surface area (Å²) in [5.41, 5.74) is 0. The molecule has 0 saturated carbocycles. The van der Waals surface area contributed by atoms with Crippen molar-refractivity contribution in [3.63, 3.8) is 0 Å². The topological polar surface area (TPSA) is 20.3 Å². The van der Waals surface area contributed by atoms with Crippen molar-refractivity contribution < 1.29 is 18.0 Å². The summed E-state index contributed by atoms with van der Waals surface area (Å²) in [6.45, 7) is 3.86. The molecule has 0 saturated heterocycles. The lowest BCUT2D eigenvalue weighted by Gasteiger charge is -2.30. The van der Waals surface area contributed by atoms with Crippen LogP contribution >= 0.6 is 11.6 Å². The molecule has 0 rings (SSSR count). The molecule has 0 N–H and O–H groups in total. The molecule has 1 amide bonds. The van der Waals surface area contributed by atoms with Crippen LogP contribution in [0.1, 0.15) is 33.1 Å². The molecule has 6 heteroatoms. The van der Waals surface area contributed by atoms with E-state index in [0.717, 1.165) is 0 Å². The second-order valence-corrected chi connectivity index (χ2v) is 3.92. The van der Waals surface area contributed by atoms with Crippen molar-refractivity contribution in [1.29, 1.82) is 0 Å². The Morgan fingerprint density at radius 3 is 2.12 bits per heavy atom. The minimum absolute atomic E-state index is 0.153. The van der Waals surface area contributed by atoms with Crippen LogP contribution in [-0.4, -0.2) is 35.4 Å². The van der Waals surface area contributed by atoms with Crippen LogP contribution in [0.25, 0.3) is 0 Å². The first kappa shape index (κ1) is 15.6. The fourth-order valence-electron chi connectivity index (χ4n) is 1.60. The number of carbonyl (C=O) groups is 1. The van der Waals surface area contributed by atoms with E-state index < -0.39 is 18.5 Å². The van der Waals surface area contributed by atoms with E-state index in [1.165, 1.54) is 4.90 Å². The van der Waals surface area contributed by atoms with Crippen LogP contribution in [0.2, 0.25) is 0 Å². The van der Waals surface area contributed by atoms with Gasteiger partial charge in [0, 0.05) is 18.5 Å². The third kappa shape index (κ3) is 5.58. The van der Waals surface area contributed by atoms with Gasteiger partial charge in [0.25, 0.3) is 0 Å². The zero-order chi connectivity index (χ0) is 12.8. The minimum Gasteiger partial charge on any atom is -0.338 e. The van der Waals surface area contributed by atoms with Crippen LogP contribution in [0, 0.1) is 0 Å². The van der Waals surface area contributed by atoms with Crippen molar-refractivity contribution in [2.24, 2.45) is 0 Å². The van der Waals surface area contributed by atoms with E-state index in [1.807, 2.05) is 13.8 Å². The normalized spacial score (nSPS) is 11.9. The Morgan fingerprint density at radius 1 is 1.31 bits per heavy atom. The second-order valence-electron chi connectivity index (χ2n) is 3.54. The zero-order valence-corrected chi connectivity index (χ0v) is 10.2. The molecule has 0 spiro atoms. The smallest absolute Gasteiger partial charge is 0.338 e. The fourth-order valence-corrected chi connectivity index (χ4v) is 1.79. The van der Waals surface area contributed by atoms with E-state index in [-0.39, 0.29) is 18.5 Å². The molecule has 0 atom stereocenters. The van der Waals surface area contributed by atoms with E-state index in [1.54, 1.807) is 0 Å². The molecule has 0 fully saturated rings. The van der Waals surface area contributed by atoms with Gasteiger partial charge in [-0.2, -0.15) is 13.2 Å². The van der Waals surface area contributed by atoms with E-state index in [4.69, 9.17) is 11.6 Å². The van der Waals surface area contributed by atoms with Crippen LogP contribution in [-0.2, 0) is 4.79 Å². The van der Waals surface area contributed by atoms with Gasteiger partial charge in [0.2, 0.25) is 5.91 Å². The summed E-state index contributed by atoms with van der Waals surface area (Å²) in [4.78, 5) is 12.7. The summed E-state index contributed by atoms with van der Waals surface area (Å²) >= 11 is 5.49. The summed E-state index contributed by atoms with van der Waals surface area (Å²) in [7, 11) is 0. The number of hydrogen-bond donors (Lipinski definition) is 0. The number of nitrogens with zero attached hydrogens (tertiary/aromatic N) is 1. The van der Waals surface area contributed by atoms with Crippen LogP contribution in [0.15, 0.2) is 0 Å². The van der Waals surface area contributed by atoms with Gasteiger partial charge in [0.1, 0.15) is 6.42 Å². The summed E-state index contributed by atoms with van der Waals surface area (Å²) in [5.74, 6) is -0.734. The fraction of sp³-hybridized carbons (Fsp3) is 0.900. The lowest BCUT2D eigenvalue weighted by Crippen LogP contribution is -2.42. The number of carbonyl (C=O) groups excluding carboxylic acids is 1. The molecular weight excluding hydrogens is 243 g/mol. The van der Waals surface area contributed by atoms with Gasteiger partial charge in [-0.1, -0.05) is 13.8 Å². The van der Waals surface area contributed by atoms with Crippen LogP contribution in [0.3, 0.4) is 0 Å². The van der Waals surface area contributed by atoms with Gasteiger partial charge < -0.3 is 4.90 Å². The summed E-state index contributed by atoms with van der Waals surface area (Å²) < 4.78 is 36.3. The highest BCUT2D eigenvalue weighted by molar-refractivity contribution is 6.18. The van der Waals surface area contributed by atoms with E-state index in [9.17, 15) is 18.0 Å². The van der Waals surface area contributed by atoms with E-state index in [2.05, 4.69) is 0 Å². The largest absolute Gasteiger partial charge is 0.397 e. The molecule has 96 valence electrons. The molecule has 2 nitrogen and oxygen atoms in total. The zero-order valence-electron chi connectivity index (χ0n) is 9.48. The SMILES string of the molecule is CCC(CC)N(CCCl)C(=O)CC(F)(F)F. The highest BCUT2D eigenvalue weighted by Gasteiger charge is 2.34. The number of halogens is 4. The summed E-state index contributed by atoms with van der Waals surface area (Å²) in [6, 6.07) is -0.159. The van der Waals surface area contributed by atoms with Gasteiger partial charge in [-0.3, -0.25) is 4.79 Å². The van der Waals surface area contributed by atoms with Crippen LogP contribution < -0.4 is 0 Å². The maximum atomic E-state index is 12.1. The second kappa shape index (κ2) is 6.99. The van der Waals surface area contributed by atoms with Crippen LogP contribution in [0.5, 0.6) is 0 Å². The quantitative estimate of drug-likeness (QED) is 0.671. The van der Waals surface area contributed by atoms with Crippen molar-refractivity contribution in [1.82, 2.24) is 4.90 Å². The third-order valence-corrected chi connectivity index (χ3v) is 2.55. The minimum atomic E-state index is -4.45.